The van der Waals surface area contributed by atoms with Gasteiger partial charge in [-0.2, -0.15) is 13.2 Å². The zero-order valence-corrected chi connectivity index (χ0v) is 18.4. The first-order valence-corrected chi connectivity index (χ1v) is 11.9. The first-order chi connectivity index (χ1) is 14.9. The third-order valence-electron chi connectivity index (χ3n) is 6.31. The number of pyridine rings is 1. The Bertz CT molecular complexity index is 908. The van der Waals surface area contributed by atoms with Crippen molar-refractivity contribution in [1.82, 2.24) is 9.29 Å². The number of halogens is 4. The lowest BCUT2D eigenvalue weighted by Gasteiger charge is -2.41. The van der Waals surface area contributed by atoms with Gasteiger partial charge < -0.3 is 10.5 Å². The zero-order chi connectivity index (χ0) is 23.6. The minimum atomic E-state index is -4.22. The second-order valence-electron chi connectivity index (χ2n) is 8.36. The summed E-state index contributed by atoms with van der Waals surface area (Å²) in [6.07, 6.45) is -4.05. The maximum Gasteiger partial charge on any atom is 0.389 e. The topological polar surface area (TPSA) is 103 Å². The number of rotatable bonds is 7. The number of amides is 1. The molecule has 2 N–H and O–H groups in total. The lowest BCUT2D eigenvalue weighted by molar-refractivity contribution is -0.135. The number of hydrogen-bond donors (Lipinski definition) is 1. The van der Waals surface area contributed by atoms with E-state index in [0.29, 0.717) is 5.56 Å². The van der Waals surface area contributed by atoms with Crippen molar-refractivity contribution in [2.45, 2.75) is 61.5 Å². The molecule has 180 valence electrons. The summed E-state index contributed by atoms with van der Waals surface area (Å²) in [5.74, 6) is -0.930. The highest BCUT2D eigenvalue weighted by atomic mass is 32.2. The van der Waals surface area contributed by atoms with Gasteiger partial charge in [-0.3, -0.25) is 9.78 Å². The molecular formula is C20H27F4N3O4S. The molecule has 2 fully saturated rings. The summed E-state index contributed by atoms with van der Waals surface area (Å²) >= 11 is 0. The van der Waals surface area contributed by atoms with Crippen molar-refractivity contribution < 1.29 is 35.5 Å². The van der Waals surface area contributed by atoms with Crippen molar-refractivity contribution in [3.63, 3.8) is 0 Å². The summed E-state index contributed by atoms with van der Waals surface area (Å²) < 4.78 is 83.4. The van der Waals surface area contributed by atoms with Gasteiger partial charge in [-0.1, -0.05) is 6.07 Å². The summed E-state index contributed by atoms with van der Waals surface area (Å²) in [7, 11) is -4.11. The average molecular weight is 482 g/mol. The molecule has 0 unspecified atom stereocenters. The highest BCUT2D eigenvalue weighted by Crippen LogP contribution is 2.40. The van der Waals surface area contributed by atoms with E-state index in [1.807, 2.05) is 0 Å². The van der Waals surface area contributed by atoms with Crippen LogP contribution in [0.15, 0.2) is 18.3 Å². The van der Waals surface area contributed by atoms with Crippen molar-refractivity contribution >= 4 is 15.9 Å². The number of sulfonamides is 1. The van der Waals surface area contributed by atoms with Gasteiger partial charge in [0.1, 0.15) is 0 Å². The van der Waals surface area contributed by atoms with Crippen LogP contribution in [-0.4, -0.2) is 60.8 Å². The molecule has 0 radical (unpaired) electrons. The molecule has 7 nitrogen and oxygen atoms in total. The van der Waals surface area contributed by atoms with Crippen molar-refractivity contribution in [1.29, 1.82) is 0 Å². The molecule has 2 aliphatic heterocycles. The maximum atomic E-state index is 15.6. The molecule has 0 atom stereocenters. The average Bonchev–Trinajstić information content (AvgIpc) is 2.74. The van der Waals surface area contributed by atoms with E-state index in [1.54, 1.807) is 6.07 Å². The Morgan fingerprint density at radius 1 is 1.16 bits per heavy atom. The Kier molecular flexibility index (Phi) is 7.16. The second kappa shape index (κ2) is 9.22. The molecule has 1 aromatic rings. The first-order valence-electron chi connectivity index (χ1n) is 10.5. The molecule has 12 heteroatoms. The number of carbonyl (C=O) groups excluding carboxylic acids is 1. The quantitative estimate of drug-likeness (QED) is 0.603. The number of piperidine rings is 1. The monoisotopic (exact) mass is 481 g/mol. The van der Waals surface area contributed by atoms with E-state index in [9.17, 15) is 26.4 Å². The summed E-state index contributed by atoms with van der Waals surface area (Å²) in [4.78, 5) is 16.2. The van der Waals surface area contributed by atoms with Gasteiger partial charge in [0, 0.05) is 64.6 Å². The molecule has 2 saturated heterocycles. The summed E-state index contributed by atoms with van der Waals surface area (Å²) in [5, 5.41) is 0. The molecule has 1 aromatic heterocycles. The number of nitrogens with zero attached hydrogens (tertiary/aromatic N) is 2. The minimum Gasteiger partial charge on any atom is -0.381 e. The Balaban J connectivity index is 1.65. The van der Waals surface area contributed by atoms with Crippen LogP contribution in [0.1, 0.15) is 49.8 Å². The van der Waals surface area contributed by atoms with E-state index < -0.39 is 38.9 Å². The number of alkyl halides is 4. The van der Waals surface area contributed by atoms with E-state index in [-0.39, 0.29) is 70.5 Å². The molecule has 1 amide bonds. The normalized spacial score (nSPS) is 21.9. The van der Waals surface area contributed by atoms with Crippen molar-refractivity contribution in [3.05, 3.63) is 29.6 Å². The van der Waals surface area contributed by atoms with Crippen LogP contribution < -0.4 is 5.73 Å². The number of nitrogens with two attached hydrogens (primary N) is 1. The lowest BCUT2D eigenvalue weighted by Crippen LogP contribution is -2.60. The molecule has 3 rings (SSSR count). The van der Waals surface area contributed by atoms with Crippen LogP contribution in [0.2, 0.25) is 0 Å². The van der Waals surface area contributed by atoms with Crippen LogP contribution in [0.4, 0.5) is 17.6 Å². The van der Waals surface area contributed by atoms with Gasteiger partial charge in [0.05, 0.1) is 5.69 Å². The first kappa shape index (κ1) is 24.8. The van der Waals surface area contributed by atoms with E-state index >= 15 is 4.39 Å². The fraction of sp³-hybridized carbons (Fsp3) is 0.700. The van der Waals surface area contributed by atoms with Gasteiger partial charge >= 0.3 is 6.18 Å². The lowest BCUT2D eigenvalue weighted by atomic mass is 9.90. The van der Waals surface area contributed by atoms with Crippen LogP contribution in [-0.2, 0) is 31.6 Å². The smallest absolute Gasteiger partial charge is 0.381 e. The molecular weight excluding hydrogens is 454 g/mol. The van der Waals surface area contributed by atoms with Crippen LogP contribution >= 0.6 is 0 Å². The number of aryl methyl sites for hydroxylation is 1. The second-order valence-corrected chi connectivity index (χ2v) is 10.6. The third kappa shape index (κ3) is 5.07. The maximum absolute atomic E-state index is 15.6. The van der Waals surface area contributed by atoms with Crippen molar-refractivity contribution in [2.24, 2.45) is 5.73 Å². The molecule has 32 heavy (non-hydrogen) atoms. The summed E-state index contributed by atoms with van der Waals surface area (Å²) in [6.45, 7) is -0.0714. The van der Waals surface area contributed by atoms with Gasteiger partial charge in [0.15, 0.2) is 10.4 Å². The van der Waals surface area contributed by atoms with Crippen molar-refractivity contribution in [2.75, 3.05) is 26.3 Å². The Hall–Kier alpha value is -1.79. The van der Waals surface area contributed by atoms with Crippen LogP contribution in [0, 0.1) is 0 Å². The molecule has 0 spiro atoms. The standard InChI is InChI=1S/C20H27F4N3O4S/c21-18(16-4-3-15(14-26-16)2-1-5-20(22,23)24)6-10-27(11-7-18)32(29,30)19(17(25)28)8-12-31-13-9-19/h3-4,14H,1-2,5-13H2,(H2,25,28). The number of aromatic nitrogens is 1. The number of primary amides is 1. The van der Waals surface area contributed by atoms with E-state index in [1.165, 1.54) is 12.3 Å². The largest absolute Gasteiger partial charge is 0.389 e. The van der Waals surface area contributed by atoms with Gasteiger partial charge in [0.2, 0.25) is 15.9 Å². The minimum absolute atomic E-state index is 0.0424. The number of hydrogen-bond acceptors (Lipinski definition) is 5. The highest BCUT2D eigenvalue weighted by molar-refractivity contribution is 7.91. The number of carbonyl (C=O) groups is 1. The molecule has 0 aromatic carbocycles. The van der Waals surface area contributed by atoms with E-state index in [0.717, 1.165) is 4.31 Å². The number of ether oxygens (including phenoxy) is 1. The fourth-order valence-electron chi connectivity index (χ4n) is 4.25. The summed E-state index contributed by atoms with van der Waals surface area (Å²) in [5.41, 5.74) is 4.29. The van der Waals surface area contributed by atoms with E-state index in [2.05, 4.69) is 4.98 Å². The Morgan fingerprint density at radius 2 is 1.78 bits per heavy atom. The summed E-state index contributed by atoms with van der Waals surface area (Å²) in [6, 6.07) is 2.99. The highest BCUT2D eigenvalue weighted by Gasteiger charge is 2.54. The fourth-order valence-corrected chi connectivity index (χ4v) is 6.34. The molecule has 0 saturated carbocycles. The van der Waals surface area contributed by atoms with Gasteiger partial charge in [0.25, 0.3) is 0 Å². The predicted molar refractivity (Wildman–Crippen MR) is 108 cm³/mol. The Morgan fingerprint density at radius 3 is 2.28 bits per heavy atom. The van der Waals surface area contributed by atoms with Gasteiger partial charge in [-0.15, -0.1) is 0 Å². The van der Waals surface area contributed by atoms with Crippen LogP contribution in [0.3, 0.4) is 0 Å². The molecule has 0 aliphatic carbocycles. The van der Waals surface area contributed by atoms with Gasteiger partial charge in [-0.05, 0) is 24.5 Å². The molecule has 3 heterocycles. The third-order valence-corrected chi connectivity index (χ3v) is 8.95. The zero-order valence-electron chi connectivity index (χ0n) is 17.5. The predicted octanol–water partition coefficient (Wildman–Crippen LogP) is 2.59. The SMILES string of the molecule is NC(=O)C1(S(=O)(=O)N2CCC(F)(c3ccc(CCCC(F)(F)F)cn3)CC2)CCOCC1. The van der Waals surface area contributed by atoms with Gasteiger partial charge in [-0.25, -0.2) is 17.1 Å². The molecule has 0 bridgehead atoms. The molecule has 2 aliphatic rings. The van der Waals surface area contributed by atoms with Crippen LogP contribution in [0.5, 0.6) is 0 Å². The van der Waals surface area contributed by atoms with Crippen molar-refractivity contribution in [3.8, 4) is 0 Å². The van der Waals surface area contributed by atoms with Crippen LogP contribution in [0.25, 0.3) is 0 Å². The van der Waals surface area contributed by atoms with E-state index in [4.69, 9.17) is 10.5 Å². The Labute approximate surface area is 184 Å².